The van der Waals surface area contributed by atoms with Crippen LogP contribution in [-0.4, -0.2) is 37.2 Å². The molecular weight excluding hydrogens is 278 g/mol. The fourth-order valence-electron chi connectivity index (χ4n) is 2.74. The number of aryl methyl sites for hydroxylation is 1. The number of hydrogen-bond acceptors (Lipinski definition) is 4. The van der Waals surface area contributed by atoms with Gasteiger partial charge in [-0.1, -0.05) is 19.4 Å². The summed E-state index contributed by atoms with van der Waals surface area (Å²) in [5, 5.41) is 0. The van der Waals surface area contributed by atoms with Crippen LogP contribution in [-0.2, 0) is 16.0 Å². The molecule has 122 valence electrons. The van der Waals surface area contributed by atoms with Crippen molar-refractivity contribution in [2.24, 2.45) is 11.7 Å². The van der Waals surface area contributed by atoms with Crippen LogP contribution >= 0.6 is 0 Å². The number of pyridine rings is 1. The third kappa shape index (κ3) is 5.64. The summed E-state index contributed by atoms with van der Waals surface area (Å²) >= 11 is 0. The van der Waals surface area contributed by atoms with Crippen molar-refractivity contribution < 1.29 is 9.53 Å². The van der Waals surface area contributed by atoms with Crippen molar-refractivity contribution in [2.45, 2.75) is 39.0 Å². The molecule has 1 unspecified atom stereocenters. The van der Waals surface area contributed by atoms with Gasteiger partial charge in [0, 0.05) is 25.2 Å². The van der Waals surface area contributed by atoms with Gasteiger partial charge in [0.05, 0.1) is 13.2 Å². The minimum atomic E-state index is -0.202. The van der Waals surface area contributed by atoms with Gasteiger partial charge in [-0.25, -0.2) is 4.98 Å². The van der Waals surface area contributed by atoms with E-state index in [2.05, 4.69) is 30.0 Å². The Kier molecular flexibility index (Phi) is 6.65. The molecule has 1 aromatic heterocycles. The number of anilines is 1. The minimum absolute atomic E-state index is 0.202. The maximum atomic E-state index is 10.8. The van der Waals surface area contributed by atoms with E-state index in [1.807, 2.05) is 0 Å². The lowest BCUT2D eigenvalue weighted by Gasteiger charge is -2.28. The summed E-state index contributed by atoms with van der Waals surface area (Å²) in [7, 11) is 0. The molecule has 2 N–H and O–H groups in total. The second-order valence-corrected chi connectivity index (χ2v) is 6.09. The summed E-state index contributed by atoms with van der Waals surface area (Å²) in [6.45, 7) is 5.58. The van der Waals surface area contributed by atoms with E-state index in [1.54, 1.807) is 0 Å². The van der Waals surface area contributed by atoms with Gasteiger partial charge in [-0.3, -0.25) is 4.79 Å². The van der Waals surface area contributed by atoms with Crippen LogP contribution in [0.1, 0.15) is 38.3 Å². The Hall–Kier alpha value is -1.62. The lowest BCUT2D eigenvalue weighted by atomic mass is 9.98. The molecule has 2 rings (SSSR count). The highest BCUT2D eigenvalue weighted by molar-refractivity contribution is 5.73. The van der Waals surface area contributed by atoms with Crippen molar-refractivity contribution >= 4 is 11.7 Å². The number of morpholine rings is 1. The first-order chi connectivity index (χ1) is 10.6. The maximum Gasteiger partial charge on any atom is 0.217 e. The van der Waals surface area contributed by atoms with Crippen LogP contribution in [0.4, 0.5) is 5.82 Å². The first-order valence-corrected chi connectivity index (χ1v) is 8.22. The molecule has 1 fully saturated rings. The molecule has 0 radical (unpaired) electrons. The molecule has 2 heterocycles. The van der Waals surface area contributed by atoms with Gasteiger partial charge in [0.2, 0.25) is 5.91 Å². The third-order valence-corrected chi connectivity index (χ3v) is 4.14. The average Bonchev–Trinajstić information content (AvgIpc) is 2.54. The predicted molar refractivity (Wildman–Crippen MR) is 87.8 cm³/mol. The van der Waals surface area contributed by atoms with Crippen molar-refractivity contribution in [3.05, 3.63) is 23.9 Å². The Bertz CT molecular complexity index is 473. The highest BCUT2D eigenvalue weighted by Crippen LogP contribution is 2.17. The molecule has 1 aliphatic heterocycles. The van der Waals surface area contributed by atoms with Gasteiger partial charge in [-0.15, -0.1) is 0 Å². The molecule has 5 heteroatoms. The lowest BCUT2D eigenvalue weighted by molar-refractivity contribution is -0.118. The Balaban J connectivity index is 1.76. The minimum Gasteiger partial charge on any atom is -0.378 e. The van der Waals surface area contributed by atoms with Crippen LogP contribution in [0.15, 0.2) is 18.2 Å². The fraction of sp³-hybridized carbons (Fsp3) is 0.647. The Morgan fingerprint density at radius 1 is 1.36 bits per heavy atom. The van der Waals surface area contributed by atoms with E-state index in [4.69, 9.17) is 15.5 Å². The molecule has 0 saturated carbocycles. The Morgan fingerprint density at radius 2 is 2.14 bits per heavy atom. The fourth-order valence-corrected chi connectivity index (χ4v) is 2.74. The third-order valence-electron chi connectivity index (χ3n) is 4.14. The molecule has 1 aromatic rings. The van der Waals surface area contributed by atoms with E-state index in [0.29, 0.717) is 12.3 Å². The van der Waals surface area contributed by atoms with Gasteiger partial charge in [0.25, 0.3) is 0 Å². The molecular formula is C17H27N3O2. The van der Waals surface area contributed by atoms with Crippen molar-refractivity contribution in [3.8, 4) is 0 Å². The van der Waals surface area contributed by atoms with Gasteiger partial charge in [0.1, 0.15) is 5.82 Å². The summed E-state index contributed by atoms with van der Waals surface area (Å²) in [6, 6.07) is 6.26. The van der Waals surface area contributed by atoms with Crippen molar-refractivity contribution in [1.29, 1.82) is 0 Å². The molecule has 1 saturated heterocycles. The number of rotatable bonds is 8. The number of nitrogens with zero attached hydrogens (tertiary/aromatic N) is 2. The summed E-state index contributed by atoms with van der Waals surface area (Å²) < 4.78 is 5.38. The largest absolute Gasteiger partial charge is 0.378 e. The summed E-state index contributed by atoms with van der Waals surface area (Å²) in [6.07, 6.45) is 4.57. The van der Waals surface area contributed by atoms with Crippen LogP contribution in [0, 0.1) is 5.92 Å². The zero-order chi connectivity index (χ0) is 15.8. The Morgan fingerprint density at radius 3 is 2.86 bits per heavy atom. The van der Waals surface area contributed by atoms with E-state index in [9.17, 15) is 4.79 Å². The summed E-state index contributed by atoms with van der Waals surface area (Å²) in [5.74, 6) is 1.39. The van der Waals surface area contributed by atoms with Crippen LogP contribution in [0.2, 0.25) is 0 Å². The number of ether oxygens (including phenoxy) is 1. The normalized spacial score (nSPS) is 16.5. The molecule has 0 spiro atoms. The van der Waals surface area contributed by atoms with Gasteiger partial charge in [-0.05, 0) is 37.3 Å². The van der Waals surface area contributed by atoms with E-state index >= 15 is 0 Å². The highest BCUT2D eigenvalue weighted by Gasteiger charge is 2.12. The molecule has 0 bridgehead atoms. The topological polar surface area (TPSA) is 68.4 Å². The molecule has 1 amide bonds. The first-order valence-electron chi connectivity index (χ1n) is 8.22. The Labute approximate surface area is 132 Å². The molecule has 22 heavy (non-hydrogen) atoms. The van der Waals surface area contributed by atoms with E-state index in [1.165, 1.54) is 0 Å². The van der Waals surface area contributed by atoms with Crippen molar-refractivity contribution in [1.82, 2.24) is 4.98 Å². The number of carbonyl (C=O) groups excluding carboxylic acids is 1. The zero-order valence-electron chi connectivity index (χ0n) is 13.5. The number of carbonyl (C=O) groups is 1. The smallest absolute Gasteiger partial charge is 0.217 e. The predicted octanol–water partition coefficient (Wildman–Crippen LogP) is 2.14. The number of primary amides is 1. The molecule has 5 nitrogen and oxygen atoms in total. The summed E-state index contributed by atoms with van der Waals surface area (Å²) in [5.41, 5.74) is 6.33. The van der Waals surface area contributed by atoms with Gasteiger partial charge >= 0.3 is 0 Å². The van der Waals surface area contributed by atoms with Crippen LogP contribution < -0.4 is 10.6 Å². The number of hydrogen-bond donors (Lipinski definition) is 1. The second kappa shape index (κ2) is 8.73. The van der Waals surface area contributed by atoms with Gasteiger partial charge in [-0.2, -0.15) is 0 Å². The van der Waals surface area contributed by atoms with Gasteiger partial charge < -0.3 is 15.4 Å². The monoisotopic (exact) mass is 305 g/mol. The quantitative estimate of drug-likeness (QED) is 0.799. The zero-order valence-corrected chi connectivity index (χ0v) is 13.5. The molecule has 1 atom stereocenters. The second-order valence-electron chi connectivity index (χ2n) is 6.09. The number of amides is 1. The maximum absolute atomic E-state index is 10.8. The molecule has 0 aliphatic carbocycles. The van der Waals surface area contributed by atoms with E-state index in [-0.39, 0.29) is 5.91 Å². The average molecular weight is 305 g/mol. The van der Waals surface area contributed by atoms with Crippen LogP contribution in [0.5, 0.6) is 0 Å². The molecule has 1 aliphatic rings. The lowest BCUT2D eigenvalue weighted by Crippen LogP contribution is -2.36. The van der Waals surface area contributed by atoms with Crippen LogP contribution in [0.3, 0.4) is 0 Å². The van der Waals surface area contributed by atoms with Crippen LogP contribution in [0.25, 0.3) is 0 Å². The first kappa shape index (κ1) is 16.7. The van der Waals surface area contributed by atoms with Gasteiger partial charge in [0.15, 0.2) is 0 Å². The molecule has 0 aromatic carbocycles. The van der Waals surface area contributed by atoms with Crippen molar-refractivity contribution in [3.63, 3.8) is 0 Å². The standard InChI is InChI=1S/C17H27N3O2/c1-14(8-9-16(18)21)4-2-5-15-6-3-7-17(19-15)20-10-12-22-13-11-20/h3,6-7,14H,2,4-5,8-13H2,1H3,(H2,18,21). The number of aromatic nitrogens is 1. The van der Waals surface area contributed by atoms with E-state index in [0.717, 1.165) is 63.5 Å². The SMILES string of the molecule is CC(CCCc1cccc(N2CCOCC2)n1)CCC(N)=O. The number of nitrogens with two attached hydrogens (primary N) is 1. The highest BCUT2D eigenvalue weighted by atomic mass is 16.5. The van der Waals surface area contributed by atoms with Crippen molar-refractivity contribution in [2.75, 3.05) is 31.2 Å². The van der Waals surface area contributed by atoms with E-state index < -0.39 is 0 Å². The summed E-state index contributed by atoms with van der Waals surface area (Å²) in [4.78, 5) is 17.8.